The second-order valence-corrected chi connectivity index (χ2v) is 15.7. The Morgan fingerprint density at radius 3 is 1.90 bits per heavy atom. The van der Waals surface area contributed by atoms with Crippen LogP contribution in [0.15, 0.2) is 206 Å². The van der Waals surface area contributed by atoms with Crippen LogP contribution in [0.2, 0.25) is 0 Å². The third-order valence-corrected chi connectivity index (χ3v) is 11.5. The molecule has 0 aliphatic carbocycles. The number of aromatic nitrogens is 4. The summed E-state index contributed by atoms with van der Waals surface area (Å²) < 4.78 is 245. The van der Waals surface area contributed by atoms with Crippen molar-refractivity contribution in [1.82, 2.24) is 14.1 Å². The molecule has 0 spiro atoms. The molecule has 3 heterocycles. The van der Waals surface area contributed by atoms with Crippen molar-refractivity contribution in [3.05, 3.63) is 247 Å². The first kappa shape index (κ1) is 23.5. The summed E-state index contributed by atoms with van der Waals surface area (Å²) in [6.07, 6.45) is 4.34. The number of ether oxygens (including phenoxy) is 1. The van der Waals surface area contributed by atoms with Crippen LogP contribution in [0, 0.1) is 45.9 Å². The van der Waals surface area contributed by atoms with Crippen molar-refractivity contribution in [2.45, 2.75) is 27.4 Å². The molecule has 0 saturated heterocycles. The van der Waals surface area contributed by atoms with Crippen LogP contribution in [0.1, 0.15) is 59.3 Å². The molecule has 0 aliphatic rings. The monoisotopic (exact) mass is 1110 g/mol. The summed E-state index contributed by atoms with van der Waals surface area (Å²) in [4.78, 5) is 4.64. The number of fused-ring (bicyclic) bond motifs is 4. The molecule has 0 saturated carbocycles. The van der Waals surface area contributed by atoms with E-state index >= 15 is 0 Å². The van der Waals surface area contributed by atoms with E-state index in [-0.39, 0.29) is 99.7 Å². The maximum absolute atomic E-state index is 9.26. The molecule has 6 heteroatoms. The number of para-hydroxylation sites is 1. The Morgan fingerprint density at radius 2 is 1.21 bits per heavy atom. The summed E-state index contributed by atoms with van der Waals surface area (Å²) in [5.74, 6) is 0.0662. The third kappa shape index (κ3) is 7.92. The van der Waals surface area contributed by atoms with Gasteiger partial charge in [-0.05, 0) is 112 Å². The predicted octanol–water partition coefficient (Wildman–Crippen LogP) is 15.5. The molecular weight excluding hydrogens is 1040 g/mol. The van der Waals surface area contributed by atoms with Gasteiger partial charge in [-0.3, -0.25) is 4.57 Å². The van der Waals surface area contributed by atoms with Crippen molar-refractivity contribution in [3.63, 3.8) is 0 Å². The van der Waals surface area contributed by atoms with Gasteiger partial charge in [0.05, 0.1) is 37.3 Å². The summed E-state index contributed by atoms with van der Waals surface area (Å²) in [6.45, 7) is -11.8. The van der Waals surface area contributed by atoms with Crippen LogP contribution < -0.4 is 9.30 Å². The summed E-state index contributed by atoms with van der Waals surface area (Å²) in [6, 6.07) is 21.3. The maximum atomic E-state index is 9.26. The topological polar surface area (TPSA) is 35.9 Å². The molecule has 9 aromatic carbocycles. The van der Waals surface area contributed by atoms with Crippen molar-refractivity contribution in [2.75, 3.05) is 0 Å². The summed E-state index contributed by atoms with van der Waals surface area (Å²) in [5.41, 5.74) is -3.70. The molecule has 0 atom stereocenters. The Labute approximate surface area is 460 Å². The summed E-state index contributed by atoms with van der Waals surface area (Å²) >= 11 is 0. The van der Waals surface area contributed by atoms with Gasteiger partial charge < -0.3 is 13.9 Å². The fraction of sp³-hybridized carbons (Fsp3) is 0.0625. The maximum Gasteiger partial charge on any atom is 0.268 e. The number of benzene rings is 9. The summed E-state index contributed by atoms with van der Waals surface area (Å²) in [7, 11) is 0. The zero-order valence-corrected chi connectivity index (χ0v) is 38.3. The molecule has 0 aliphatic heterocycles. The minimum Gasteiger partial charge on any atom is -0.510 e. The van der Waals surface area contributed by atoms with E-state index in [4.69, 9.17) is 36.3 Å². The molecule has 0 N–H and O–H groups in total. The van der Waals surface area contributed by atoms with Gasteiger partial charge in [0.15, 0.2) is 0 Å². The Bertz CT molecular complexity index is 5090. The molecule has 0 unspecified atom stereocenters. The second kappa shape index (κ2) is 18.4. The molecule has 0 amide bonds. The SMILES string of the molecule is [2H]c1c([2H])c([2H])c(-c2cnc(-n3c4[c-]c(Oc5[c-]c(-n6[c-][n+](-c7c(-c8c([2H])c([2H])c([2H])c([2H])c8[2H])cc(C([2H])([2H])[2H])cc7-c7c([2H])c([2H])c([2H])c([2H])c7[2H])c7ccc(-c8c(C([2H])([2H])[2H])cccc8C([2H])([2H])[2H])cc76)ccc5)ccc4c4ccccc43)cc2C([2H])([2H])[2H])c([2H])c1[2H].[Pt]. The molecule has 12 rings (SSSR count). The number of imidazole rings is 1. The van der Waals surface area contributed by atoms with Crippen LogP contribution in [0.3, 0.4) is 0 Å². The zero-order valence-electron chi connectivity index (χ0n) is 63.0. The van der Waals surface area contributed by atoms with E-state index in [2.05, 4.69) is 23.4 Å². The molecule has 0 fully saturated rings. The molecule has 0 bridgehead atoms. The second-order valence-electron chi connectivity index (χ2n) is 15.7. The van der Waals surface area contributed by atoms with Crippen LogP contribution in [0.25, 0.3) is 94.5 Å². The van der Waals surface area contributed by atoms with Crippen molar-refractivity contribution >= 4 is 32.8 Å². The number of aryl methyl sites for hydroxylation is 4. The Kier molecular flexibility index (Phi) is 6.17. The number of nitrogens with zero attached hydrogens (tertiary/aromatic N) is 4. The van der Waals surface area contributed by atoms with Crippen LogP contribution in [0.5, 0.6) is 11.5 Å². The molecule has 12 aromatic rings. The van der Waals surface area contributed by atoms with E-state index in [1.54, 1.807) is 41.0 Å². The number of hydrogen-bond donors (Lipinski definition) is 0. The molecule has 70 heavy (non-hydrogen) atoms. The molecule has 5 nitrogen and oxygen atoms in total. The minimum atomic E-state index is -3.07. The minimum absolute atomic E-state index is 0. The fourth-order valence-corrected chi connectivity index (χ4v) is 8.56. The Morgan fingerprint density at radius 1 is 0.557 bits per heavy atom. The van der Waals surface area contributed by atoms with Crippen molar-refractivity contribution in [3.8, 4) is 73.2 Å². The van der Waals surface area contributed by atoms with E-state index in [9.17, 15) is 5.48 Å². The smallest absolute Gasteiger partial charge is 0.268 e. The molecular formula is C64H46N4OPt-2. The van der Waals surface area contributed by atoms with Gasteiger partial charge in [0.1, 0.15) is 5.82 Å². The van der Waals surface area contributed by atoms with Gasteiger partial charge in [-0.1, -0.05) is 162 Å². The Balaban J connectivity index is 0.00000954. The largest absolute Gasteiger partial charge is 0.510 e. The number of pyridine rings is 1. The first-order valence-corrected chi connectivity index (χ1v) is 21.1. The van der Waals surface area contributed by atoms with Crippen LogP contribution in [-0.2, 0) is 21.1 Å². The van der Waals surface area contributed by atoms with E-state index in [1.807, 2.05) is 6.07 Å². The number of hydrogen-bond acceptors (Lipinski definition) is 2. The van der Waals surface area contributed by atoms with Crippen molar-refractivity contribution < 1.29 is 67.4 Å². The quantitative estimate of drug-likeness (QED) is 0.107. The molecule has 340 valence electrons. The van der Waals surface area contributed by atoms with Crippen LogP contribution >= 0.6 is 0 Å². The average Bonchev–Trinajstić information content (AvgIpc) is 1.70. The van der Waals surface area contributed by atoms with Crippen molar-refractivity contribution in [2.24, 2.45) is 0 Å². The normalized spacial score (nSPS) is 17.6. The molecule has 0 radical (unpaired) electrons. The van der Waals surface area contributed by atoms with E-state index < -0.39 is 146 Å². The van der Waals surface area contributed by atoms with Gasteiger partial charge in [0, 0.05) is 66.3 Å². The van der Waals surface area contributed by atoms with Gasteiger partial charge in [-0.25, -0.2) is 4.98 Å². The van der Waals surface area contributed by atoms with E-state index in [0.717, 1.165) is 18.3 Å². The standard InChI is InChI=1S/C64H46N4O.Pt/c1-42-34-55(46-20-8-5-9-21-46)64(56(35-42)47-22-10-6-11-23-47)67-41-66(61-37-49(30-33-59(61)67)63-43(2)18-16-19-44(63)3)50-26-17-27-51(38-50)69-52-31-32-54-53-28-14-15-29-58(53)68(60(54)39-52)62-36-45(4)57(40-65-62)48-24-12-7-13-25-48;/h5-37,40H,1-4H3;/q-2;/i1D3,2D3,3D3,4D3,5D,6D,7D,8D,9D,10D,11D,12D,13D,20D,21D,22D,23D,24D,25D;. The predicted molar refractivity (Wildman–Crippen MR) is 281 cm³/mol. The molecule has 3 aromatic heterocycles. The van der Waals surface area contributed by atoms with Crippen LogP contribution in [-0.4, -0.2) is 14.1 Å². The zero-order chi connectivity index (χ0) is 69.6. The van der Waals surface area contributed by atoms with Gasteiger partial charge in [0.25, 0.3) is 6.33 Å². The fourth-order valence-electron chi connectivity index (χ4n) is 8.56. The first-order valence-electron chi connectivity index (χ1n) is 34.6. The third-order valence-electron chi connectivity index (χ3n) is 11.5. The summed E-state index contributed by atoms with van der Waals surface area (Å²) in [5, 5.41) is 1.26. The van der Waals surface area contributed by atoms with Gasteiger partial charge in [-0.2, -0.15) is 18.2 Å². The van der Waals surface area contributed by atoms with Crippen molar-refractivity contribution in [1.29, 1.82) is 0 Å². The van der Waals surface area contributed by atoms with Gasteiger partial charge >= 0.3 is 0 Å². The first-order chi connectivity index (χ1) is 44.9. The van der Waals surface area contributed by atoms with Crippen LogP contribution in [0.4, 0.5) is 0 Å². The van der Waals surface area contributed by atoms with Gasteiger partial charge in [0.2, 0.25) is 0 Å². The van der Waals surface area contributed by atoms with Gasteiger partial charge in [-0.15, -0.1) is 29.7 Å². The van der Waals surface area contributed by atoms with E-state index in [0.29, 0.717) is 21.8 Å². The van der Waals surface area contributed by atoms with E-state index in [1.165, 1.54) is 63.7 Å². The number of rotatable bonds is 9. The Hall–Kier alpha value is -8.11. The average molecular weight is 1110 g/mol.